The predicted octanol–water partition coefficient (Wildman–Crippen LogP) is 4.28. The molecule has 4 aliphatic heterocycles. The molecule has 0 saturated heterocycles. The Kier molecular flexibility index (Phi) is 7.93. The molecule has 0 fully saturated rings. The van der Waals surface area contributed by atoms with Crippen molar-refractivity contribution in [2.75, 3.05) is 14.2 Å². The molecule has 0 spiro atoms. The first-order chi connectivity index (χ1) is 20.1. The zero-order valence-electron chi connectivity index (χ0n) is 24.7. The summed E-state index contributed by atoms with van der Waals surface area (Å²) in [7, 11) is 2.76. The van der Waals surface area contributed by atoms with E-state index in [0.717, 1.165) is 67.5 Å². The molecule has 9 heteroatoms. The number of aliphatic imine (C=N–C) groups is 3. The quantitative estimate of drug-likeness (QED) is 0.393. The van der Waals surface area contributed by atoms with Gasteiger partial charge in [-0.15, -0.1) is 0 Å². The summed E-state index contributed by atoms with van der Waals surface area (Å²) in [6.45, 7) is 7.91. The van der Waals surface area contributed by atoms with Crippen LogP contribution < -0.4 is 10.7 Å². The van der Waals surface area contributed by atoms with Gasteiger partial charge in [-0.25, -0.2) is 15.0 Å². The van der Waals surface area contributed by atoms with Crippen LogP contribution in [-0.2, 0) is 19.1 Å². The van der Waals surface area contributed by atoms with Gasteiger partial charge in [-0.05, 0) is 104 Å². The van der Waals surface area contributed by atoms with Crippen molar-refractivity contribution in [1.29, 1.82) is 0 Å². The van der Waals surface area contributed by atoms with Gasteiger partial charge < -0.3 is 19.6 Å². The number of carbonyl (C=O) groups is 2. The number of hydrogen-bond donors (Lipinski definition) is 2. The highest BCUT2D eigenvalue weighted by Crippen LogP contribution is 2.36. The summed E-state index contributed by atoms with van der Waals surface area (Å²) in [6.07, 6.45) is 10.2. The third-order valence-electron chi connectivity index (χ3n) is 8.02. The van der Waals surface area contributed by atoms with E-state index in [1.165, 1.54) is 14.2 Å². The molecule has 0 atom stereocenters. The van der Waals surface area contributed by atoms with Crippen molar-refractivity contribution >= 4 is 41.2 Å². The lowest BCUT2D eigenvalue weighted by atomic mass is 9.96. The number of rotatable bonds is 6. The summed E-state index contributed by atoms with van der Waals surface area (Å²) in [5.41, 5.74) is 10.5. The van der Waals surface area contributed by atoms with Crippen LogP contribution >= 0.6 is 0 Å². The molecule has 0 amide bonds. The zero-order chi connectivity index (χ0) is 30.1. The molecule has 0 radical (unpaired) electrons. The van der Waals surface area contributed by atoms with Gasteiger partial charge in [-0.1, -0.05) is 0 Å². The van der Waals surface area contributed by atoms with E-state index in [1.807, 2.05) is 58.1 Å². The van der Waals surface area contributed by atoms with E-state index < -0.39 is 0 Å². The molecule has 1 aromatic heterocycles. The molecule has 42 heavy (non-hydrogen) atoms. The zero-order valence-corrected chi connectivity index (χ0v) is 24.7. The molecule has 2 N–H and O–H groups in total. The lowest BCUT2D eigenvalue weighted by Crippen LogP contribution is -2.15. The van der Waals surface area contributed by atoms with Crippen molar-refractivity contribution < 1.29 is 24.2 Å². The van der Waals surface area contributed by atoms with Crippen molar-refractivity contribution in [3.63, 3.8) is 0 Å². The maximum atomic E-state index is 12.1. The van der Waals surface area contributed by atoms with Crippen LogP contribution in [-0.4, -0.2) is 53.4 Å². The third-order valence-corrected chi connectivity index (χ3v) is 8.02. The Morgan fingerprint density at radius 1 is 0.786 bits per heavy atom. The van der Waals surface area contributed by atoms with Crippen LogP contribution in [0.1, 0.15) is 52.0 Å². The number of aliphatic hydroxyl groups excluding tert-OH is 1. The standard InChI is InChI=1S/C33H34N4O5/c1-17-11-21-12-26-18(2)22(7-9-32(39)41-5)29(35-26)15-30-23(8-10-33(40)42-6)19(3)27(36-30)14-28-20(4)24(16-38)31(37-28)13-25(17)34-21/h11-16,34,38H,7-10H2,1-6H3. The Morgan fingerprint density at radius 2 is 1.45 bits per heavy atom. The molecule has 0 aromatic carbocycles. The fourth-order valence-corrected chi connectivity index (χ4v) is 5.45. The Balaban J connectivity index is 1.75. The molecule has 8 bridgehead atoms. The summed E-state index contributed by atoms with van der Waals surface area (Å²) in [5.74, 6) is -0.597. The number of aliphatic hydroxyl groups is 1. The number of aromatic nitrogens is 1. The highest BCUT2D eigenvalue weighted by molar-refractivity contribution is 6.25. The third kappa shape index (κ3) is 5.42. The molecule has 216 valence electrons. The van der Waals surface area contributed by atoms with Crippen molar-refractivity contribution in [1.82, 2.24) is 4.98 Å². The van der Waals surface area contributed by atoms with Crippen molar-refractivity contribution in [2.45, 2.75) is 53.4 Å². The number of nitrogens with zero attached hydrogens (tertiary/aromatic N) is 3. The second kappa shape index (κ2) is 11.6. The van der Waals surface area contributed by atoms with E-state index in [2.05, 4.69) is 4.98 Å². The van der Waals surface area contributed by atoms with Gasteiger partial charge in [0.05, 0.1) is 54.7 Å². The fourth-order valence-electron chi connectivity index (χ4n) is 5.45. The highest BCUT2D eigenvalue weighted by atomic mass is 16.5. The number of methoxy groups -OCH3 is 2. The van der Waals surface area contributed by atoms with Crippen LogP contribution in [0.15, 0.2) is 90.0 Å². The number of nitrogens with one attached hydrogen (secondary N) is 1. The number of esters is 2. The van der Waals surface area contributed by atoms with Crippen molar-refractivity contribution in [3.8, 4) is 0 Å². The van der Waals surface area contributed by atoms with Crippen LogP contribution in [0.4, 0.5) is 0 Å². The minimum Gasteiger partial charge on any atom is -0.515 e. The van der Waals surface area contributed by atoms with Gasteiger partial charge in [0.25, 0.3) is 0 Å². The van der Waals surface area contributed by atoms with Gasteiger partial charge in [-0.2, -0.15) is 0 Å². The van der Waals surface area contributed by atoms with E-state index in [0.29, 0.717) is 35.5 Å². The van der Waals surface area contributed by atoms with Crippen molar-refractivity contribution in [3.05, 3.63) is 91.3 Å². The number of H-pyrrole nitrogens is 1. The van der Waals surface area contributed by atoms with Crippen LogP contribution in [0, 0.1) is 6.92 Å². The maximum Gasteiger partial charge on any atom is 0.305 e. The first-order valence-electron chi connectivity index (χ1n) is 13.8. The van der Waals surface area contributed by atoms with Crippen molar-refractivity contribution in [2.24, 2.45) is 15.0 Å². The summed E-state index contributed by atoms with van der Waals surface area (Å²) in [4.78, 5) is 42.4. The van der Waals surface area contributed by atoms with Gasteiger partial charge in [0, 0.05) is 29.1 Å². The summed E-state index contributed by atoms with van der Waals surface area (Å²) in [6, 6.07) is 2.04. The number of aryl methyl sites for hydroxylation is 1. The van der Waals surface area contributed by atoms with E-state index in [9.17, 15) is 14.7 Å². The summed E-state index contributed by atoms with van der Waals surface area (Å²) in [5, 5.41) is 11.8. The number of fused-ring (bicyclic) bond motifs is 5. The molecule has 5 heterocycles. The molecule has 4 aliphatic rings. The molecule has 1 aromatic rings. The minimum atomic E-state index is -0.305. The monoisotopic (exact) mass is 566 g/mol. The lowest BCUT2D eigenvalue weighted by molar-refractivity contribution is -0.141. The number of allylic oxidation sites excluding steroid dienone is 8. The molecule has 5 rings (SSSR count). The van der Waals surface area contributed by atoms with Gasteiger partial charge in [0.1, 0.15) is 0 Å². The molecular weight excluding hydrogens is 532 g/mol. The van der Waals surface area contributed by atoms with Gasteiger partial charge in [0.2, 0.25) is 0 Å². The average Bonchev–Trinajstić information content (AvgIpc) is 3.65. The maximum absolute atomic E-state index is 12.1. The second-order valence-corrected chi connectivity index (χ2v) is 10.6. The van der Waals surface area contributed by atoms with Crippen LogP contribution in [0.3, 0.4) is 0 Å². The van der Waals surface area contributed by atoms with E-state index >= 15 is 0 Å². The molecule has 0 aliphatic carbocycles. The number of hydrogen-bond acceptors (Lipinski definition) is 8. The average molecular weight is 567 g/mol. The van der Waals surface area contributed by atoms with Gasteiger partial charge >= 0.3 is 11.9 Å². The number of ether oxygens (including phenoxy) is 2. The van der Waals surface area contributed by atoms with E-state index in [1.54, 1.807) is 0 Å². The normalized spacial score (nSPS) is 18.8. The summed E-state index contributed by atoms with van der Waals surface area (Å²) < 4.78 is 9.81. The van der Waals surface area contributed by atoms with Crippen LogP contribution in [0.5, 0.6) is 0 Å². The first kappa shape index (κ1) is 28.7. The first-order valence-corrected chi connectivity index (χ1v) is 13.8. The van der Waals surface area contributed by atoms with Crippen LogP contribution in [0.25, 0.3) is 12.2 Å². The smallest absolute Gasteiger partial charge is 0.305 e. The van der Waals surface area contributed by atoms with Gasteiger partial charge in [-0.3, -0.25) is 9.59 Å². The number of carbonyl (C=O) groups excluding carboxylic acids is 2. The summed E-state index contributed by atoms with van der Waals surface area (Å²) >= 11 is 0. The van der Waals surface area contributed by atoms with Gasteiger partial charge in [0.15, 0.2) is 0 Å². The Labute approximate surface area is 244 Å². The predicted molar refractivity (Wildman–Crippen MR) is 163 cm³/mol. The topological polar surface area (TPSA) is 126 Å². The second-order valence-electron chi connectivity index (χ2n) is 10.6. The Hall–Kier alpha value is -4.79. The molecule has 0 unspecified atom stereocenters. The fraction of sp³-hybridized carbons (Fsp3) is 0.303. The van der Waals surface area contributed by atoms with E-state index in [-0.39, 0.29) is 24.8 Å². The molecular formula is C33H34N4O5. The minimum absolute atomic E-state index is 0.204. The Morgan fingerprint density at radius 3 is 2.12 bits per heavy atom. The SMILES string of the molecule is COC(=O)CCC1=C(C)C2=NC1=CC1=NC(=CC3=C(C)C(=CO)C(=N3)C=c3[nH]c(cc3C)=C2)C(C)=C1CCC(=O)OC. The lowest BCUT2D eigenvalue weighted by Gasteiger charge is -2.08. The van der Waals surface area contributed by atoms with E-state index in [4.69, 9.17) is 24.5 Å². The largest absolute Gasteiger partial charge is 0.515 e. The molecule has 0 saturated carbocycles. The van der Waals surface area contributed by atoms with Crippen LogP contribution in [0.2, 0.25) is 0 Å². The highest BCUT2D eigenvalue weighted by Gasteiger charge is 2.27. The number of aromatic amines is 1. The Bertz CT molecular complexity index is 1820. The molecule has 9 nitrogen and oxygen atoms in total.